The molecular weight excluding hydrogens is 293 g/mol. The Bertz CT molecular complexity index is 630. The highest BCUT2D eigenvalue weighted by molar-refractivity contribution is 6.42. The summed E-state index contributed by atoms with van der Waals surface area (Å²) in [6.45, 7) is 0. The van der Waals surface area contributed by atoms with E-state index in [-0.39, 0.29) is 6.04 Å². The Balaban J connectivity index is 1.82. The standard InChI is InChI=1S/C16H15Cl2NO/c17-12-7-5-11(9-13(12)18)16(20)15-8-6-10-3-1-2-4-14(10)19-15/h1-5,7,9,15-16,19-20H,6,8H2. The fourth-order valence-electron chi connectivity index (χ4n) is 2.63. The summed E-state index contributed by atoms with van der Waals surface area (Å²) in [6, 6.07) is 13.5. The molecule has 1 aliphatic heterocycles. The van der Waals surface area contributed by atoms with E-state index in [0.717, 1.165) is 24.1 Å². The highest BCUT2D eigenvalue weighted by Gasteiger charge is 2.25. The van der Waals surface area contributed by atoms with Crippen molar-refractivity contribution in [2.45, 2.75) is 25.0 Å². The average molecular weight is 308 g/mol. The van der Waals surface area contributed by atoms with Crippen LogP contribution in [-0.2, 0) is 6.42 Å². The molecule has 0 fully saturated rings. The molecule has 0 saturated heterocycles. The minimum Gasteiger partial charge on any atom is -0.386 e. The number of hydrogen-bond acceptors (Lipinski definition) is 2. The van der Waals surface area contributed by atoms with Crippen LogP contribution in [0.3, 0.4) is 0 Å². The summed E-state index contributed by atoms with van der Waals surface area (Å²) in [5.74, 6) is 0. The molecule has 4 heteroatoms. The minimum atomic E-state index is -0.599. The first-order chi connectivity index (χ1) is 9.65. The quantitative estimate of drug-likeness (QED) is 0.859. The Hall–Kier alpha value is -1.22. The summed E-state index contributed by atoms with van der Waals surface area (Å²) < 4.78 is 0. The second kappa shape index (κ2) is 5.65. The van der Waals surface area contributed by atoms with Crippen LogP contribution in [-0.4, -0.2) is 11.1 Å². The van der Waals surface area contributed by atoms with Crippen molar-refractivity contribution < 1.29 is 5.11 Å². The van der Waals surface area contributed by atoms with Gasteiger partial charge in [0.15, 0.2) is 0 Å². The molecule has 0 saturated carbocycles. The summed E-state index contributed by atoms with van der Waals surface area (Å²) in [7, 11) is 0. The molecule has 0 aliphatic carbocycles. The van der Waals surface area contributed by atoms with Crippen LogP contribution in [0.2, 0.25) is 10.0 Å². The summed E-state index contributed by atoms with van der Waals surface area (Å²) in [5, 5.41) is 14.9. The van der Waals surface area contributed by atoms with Crippen LogP contribution < -0.4 is 5.32 Å². The molecule has 3 rings (SSSR count). The van der Waals surface area contributed by atoms with E-state index in [1.807, 2.05) is 24.3 Å². The van der Waals surface area contributed by atoms with E-state index < -0.39 is 6.10 Å². The number of fused-ring (bicyclic) bond motifs is 1. The predicted octanol–water partition coefficient (Wildman–Crippen LogP) is 4.45. The molecule has 1 aliphatic rings. The van der Waals surface area contributed by atoms with Crippen molar-refractivity contribution in [3.05, 3.63) is 63.6 Å². The number of aryl methyl sites for hydroxylation is 1. The van der Waals surface area contributed by atoms with Crippen molar-refractivity contribution in [2.75, 3.05) is 5.32 Å². The summed E-state index contributed by atoms with van der Waals surface area (Å²) in [4.78, 5) is 0. The number of aliphatic hydroxyl groups excluding tert-OH is 1. The number of rotatable bonds is 2. The zero-order chi connectivity index (χ0) is 14.1. The maximum atomic E-state index is 10.5. The lowest BCUT2D eigenvalue weighted by Gasteiger charge is -2.31. The van der Waals surface area contributed by atoms with Gasteiger partial charge in [0.1, 0.15) is 0 Å². The van der Waals surface area contributed by atoms with Gasteiger partial charge in [0.05, 0.1) is 22.2 Å². The van der Waals surface area contributed by atoms with Crippen LogP contribution in [0.25, 0.3) is 0 Å². The maximum absolute atomic E-state index is 10.5. The van der Waals surface area contributed by atoms with Crippen molar-refractivity contribution >= 4 is 28.9 Å². The third kappa shape index (κ3) is 2.64. The molecule has 2 nitrogen and oxygen atoms in total. The molecule has 2 unspecified atom stereocenters. The SMILES string of the molecule is OC(c1ccc(Cl)c(Cl)c1)C1CCc2ccccc2N1. The van der Waals surface area contributed by atoms with E-state index >= 15 is 0 Å². The third-order valence-electron chi connectivity index (χ3n) is 3.75. The van der Waals surface area contributed by atoms with Crippen LogP contribution in [0, 0.1) is 0 Å². The first-order valence-electron chi connectivity index (χ1n) is 6.62. The molecule has 2 aromatic rings. The molecule has 0 radical (unpaired) electrons. The van der Waals surface area contributed by atoms with E-state index in [9.17, 15) is 5.11 Å². The van der Waals surface area contributed by atoms with Crippen LogP contribution in [0.1, 0.15) is 23.7 Å². The molecule has 2 N–H and O–H groups in total. The molecule has 104 valence electrons. The van der Waals surface area contributed by atoms with Crippen molar-refractivity contribution in [1.29, 1.82) is 0 Å². The van der Waals surface area contributed by atoms with Gasteiger partial charge in [-0.3, -0.25) is 0 Å². The highest BCUT2D eigenvalue weighted by atomic mass is 35.5. The summed E-state index contributed by atoms with van der Waals surface area (Å²) in [6.07, 6.45) is 1.25. The lowest BCUT2D eigenvalue weighted by Crippen LogP contribution is -2.31. The molecule has 0 aromatic heterocycles. The van der Waals surface area contributed by atoms with Crippen LogP contribution in [0.15, 0.2) is 42.5 Å². The smallest absolute Gasteiger partial charge is 0.0991 e. The Morgan fingerprint density at radius 1 is 1.10 bits per heavy atom. The number of hydrogen-bond donors (Lipinski definition) is 2. The fourth-order valence-corrected chi connectivity index (χ4v) is 2.93. The number of para-hydroxylation sites is 1. The Morgan fingerprint density at radius 2 is 1.90 bits per heavy atom. The van der Waals surface area contributed by atoms with E-state index in [4.69, 9.17) is 23.2 Å². The molecule has 0 spiro atoms. The number of aliphatic hydroxyl groups is 1. The van der Waals surface area contributed by atoms with Gasteiger partial charge in [-0.05, 0) is 42.2 Å². The number of nitrogens with one attached hydrogen (secondary N) is 1. The van der Waals surface area contributed by atoms with Crippen molar-refractivity contribution in [2.24, 2.45) is 0 Å². The van der Waals surface area contributed by atoms with Gasteiger partial charge in [0, 0.05) is 5.69 Å². The number of anilines is 1. The largest absolute Gasteiger partial charge is 0.386 e. The number of benzene rings is 2. The second-order valence-electron chi connectivity index (χ2n) is 5.07. The zero-order valence-corrected chi connectivity index (χ0v) is 12.3. The van der Waals surface area contributed by atoms with Gasteiger partial charge >= 0.3 is 0 Å². The second-order valence-corrected chi connectivity index (χ2v) is 5.88. The molecule has 0 amide bonds. The summed E-state index contributed by atoms with van der Waals surface area (Å²) in [5.41, 5.74) is 3.18. The van der Waals surface area contributed by atoms with Gasteiger partial charge in [0.25, 0.3) is 0 Å². The van der Waals surface area contributed by atoms with E-state index in [2.05, 4.69) is 11.4 Å². The lowest BCUT2D eigenvalue weighted by atomic mass is 9.92. The molecule has 2 atom stereocenters. The van der Waals surface area contributed by atoms with Crippen LogP contribution in [0.5, 0.6) is 0 Å². The van der Waals surface area contributed by atoms with E-state index in [1.54, 1.807) is 12.1 Å². The van der Waals surface area contributed by atoms with Gasteiger partial charge in [0.2, 0.25) is 0 Å². The lowest BCUT2D eigenvalue weighted by molar-refractivity contribution is 0.149. The van der Waals surface area contributed by atoms with Crippen molar-refractivity contribution in [3.8, 4) is 0 Å². The van der Waals surface area contributed by atoms with E-state index in [1.165, 1.54) is 5.56 Å². The van der Waals surface area contributed by atoms with Gasteiger partial charge in [-0.15, -0.1) is 0 Å². The monoisotopic (exact) mass is 307 g/mol. The van der Waals surface area contributed by atoms with Crippen molar-refractivity contribution in [1.82, 2.24) is 0 Å². The van der Waals surface area contributed by atoms with Crippen LogP contribution in [0.4, 0.5) is 5.69 Å². The minimum absolute atomic E-state index is 0.0119. The van der Waals surface area contributed by atoms with Gasteiger partial charge in [-0.1, -0.05) is 47.5 Å². The third-order valence-corrected chi connectivity index (χ3v) is 4.49. The average Bonchev–Trinajstić information content (AvgIpc) is 2.49. The first kappa shape index (κ1) is 13.7. The Labute approximate surface area is 128 Å². The highest BCUT2D eigenvalue weighted by Crippen LogP contribution is 2.32. The molecule has 2 aromatic carbocycles. The van der Waals surface area contributed by atoms with Crippen LogP contribution >= 0.6 is 23.2 Å². The first-order valence-corrected chi connectivity index (χ1v) is 7.38. The predicted molar refractivity (Wildman–Crippen MR) is 83.6 cm³/mol. The molecule has 0 bridgehead atoms. The summed E-state index contributed by atoms with van der Waals surface area (Å²) >= 11 is 11.9. The zero-order valence-electron chi connectivity index (χ0n) is 10.8. The van der Waals surface area contributed by atoms with Gasteiger partial charge in [-0.2, -0.15) is 0 Å². The van der Waals surface area contributed by atoms with Gasteiger partial charge < -0.3 is 10.4 Å². The van der Waals surface area contributed by atoms with Crippen molar-refractivity contribution in [3.63, 3.8) is 0 Å². The Morgan fingerprint density at radius 3 is 2.70 bits per heavy atom. The Kier molecular flexibility index (Phi) is 3.88. The van der Waals surface area contributed by atoms with Gasteiger partial charge in [-0.25, -0.2) is 0 Å². The fraction of sp³-hybridized carbons (Fsp3) is 0.250. The molecular formula is C16H15Cl2NO. The topological polar surface area (TPSA) is 32.3 Å². The maximum Gasteiger partial charge on any atom is 0.0991 e. The normalized spacial score (nSPS) is 19.1. The molecule has 1 heterocycles. The molecule has 20 heavy (non-hydrogen) atoms. The van der Waals surface area contributed by atoms with E-state index in [0.29, 0.717) is 10.0 Å². The number of halogens is 2.